The Hall–Kier alpha value is -2.62. The molecule has 0 spiro atoms. The molecule has 22 heavy (non-hydrogen) atoms. The monoisotopic (exact) mass is 294 g/mol. The Morgan fingerprint density at radius 2 is 1.68 bits per heavy atom. The molecule has 0 aliphatic rings. The van der Waals surface area contributed by atoms with Gasteiger partial charge < -0.3 is 9.88 Å². The molecule has 3 aromatic rings. The topological polar surface area (TPSA) is 53.2 Å². The Morgan fingerprint density at radius 1 is 1.00 bits per heavy atom. The second-order valence-corrected chi connectivity index (χ2v) is 5.24. The Morgan fingerprint density at radius 3 is 2.41 bits per heavy atom. The number of amides is 1. The number of para-hydroxylation sites is 1. The largest absolute Gasteiger partial charge is 0.354 e. The van der Waals surface area contributed by atoms with Crippen LogP contribution >= 0.6 is 0 Å². The summed E-state index contributed by atoms with van der Waals surface area (Å²) >= 11 is 0. The molecule has 3 rings (SSSR count). The molecule has 0 fully saturated rings. The van der Waals surface area contributed by atoms with Gasteiger partial charge in [-0.3, -0.25) is 9.59 Å². The third-order valence-corrected chi connectivity index (χ3v) is 4.00. The second-order valence-electron chi connectivity index (χ2n) is 5.24. The lowest BCUT2D eigenvalue weighted by Gasteiger charge is -2.18. The standard InChI is InChI=1S/C18H18N2O2/c1-3-20(4-2)18(22)12-9-10-14-16(11-12)19-15-8-6-5-7-13(15)17(14)21/h5-11H,3-4H2,1-2H3,(H,19,21). The van der Waals surface area contributed by atoms with Crippen molar-refractivity contribution in [2.75, 3.05) is 13.1 Å². The summed E-state index contributed by atoms with van der Waals surface area (Å²) in [5.41, 5.74) is 2.07. The van der Waals surface area contributed by atoms with Crippen LogP contribution in [0.25, 0.3) is 21.8 Å². The van der Waals surface area contributed by atoms with Gasteiger partial charge in [0.05, 0.1) is 5.52 Å². The third-order valence-electron chi connectivity index (χ3n) is 4.00. The number of rotatable bonds is 3. The quantitative estimate of drug-likeness (QED) is 0.754. The normalized spacial score (nSPS) is 11.0. The van der Waals surface area contributed by atoms with E-state index in [4.69, 9.17) is 0 Å². The van der Waals surface area contributed by atoms with E-state index >= 15 is 0 Å². The number of benzene rings is 2. The van der Waals surface area contributed by atoms with E-state index in [1.165, 1.54) is 0 Å². The first-order chi connectivity index (χ1) is 10.7. The number of carbonyl (C=O) groups excluding carboxylic acids is 1. The molecule has 0 saturated heterocycles. The van der Waals surface area contributed by atoms with Crippen LogP contribution in [0.5, 0.6) is 0 Å². The van der Waals surface area contributed by atoms with Crippen molar-refractivity contribution in [3.8, 4) is 0 Å². The van der Waals surface area contributed by atoms with Crippen molar-refractivity contribution in [2.24, 2.45) is 0 Å². The number of aromatic amines is 1. The molecule has 1 N–H and O–H groups in total. The van der Waals surface area contributed by atoms with Crippen molar-refractivity contribution >= 4 is 27.7 Å². The molecule has 0 saturated carbocycles. The predicted octanol–water partition coefficient (Wildman–Crippen LogP) is 3.16. The molecule has 0 unspecified atom stereocenters. The van der Waals surface area contributed by atoms with E-state index in [0.29, 0.717) is 34.9 Å². The number of fused-ring (bicyclic) bond motifs is 2. The highest BCUT2D eigenvalue weighted by molar-refractivity contribution is 6.00. The predicted molar refractivity (Wildman–Crippen MR) is 89.3 cm³/mol. The van der Waals surface area contributed by atoms with E-state index in [-0.39, 0.29) is 11.3 Å². The molecule has 1 heterocycles. The van der Waals surface area contributed by atoms with Crippen LogP contribution in [0.3, 0.4) is 0 Å². The van der Waals surface area contributed by atoms with Crippen LogP contribution in [0.2, 0.25) is 0 Å². The fraction of sp³-hybridized carbons (Fsp3) is 0.222. The summed E-state index contributed by atoms with van der Waals surface area (Å²) in [5, 5.41) is 1.27. The maximum Gasteiger partial charge on any atom is 0.253 e. The Bertz CT molecular complexity index is 908. The molecule has 1 amide bonds. The van der Waals surface area contributed by atoms with Crippen molar-refractivity contribution < 1.29 is 4.79 Å². The number of nitrogens with zero attached hydrogens (tertiary/aromatic N) is 1. The first-order valence-electron chi connectivity index (χ1n) is 7.49. The highest BCUT2D eigenvalue weighted by Crippen LogP contribution is 2.17. The first-order valence-corrected chi connectivity index (χ1v) is 7.49. The maximum absolute atomic E-state index is 12.5. The Balaban J connectivity index is 2.20. The zero-order valence-corrected chi connectivity index (χ0v) is 12.7. The van der Waals surface area contributed by atoms with Crippen LogP contribution < -0.4 is 5.43 Å². The Labute approximate surface area is 128 Å². The van der Waals surface area contributed by atoms with Crippen LogP contribution in [-0.2, 0) is 0 Å². The number of nitrogens with one attached hydrogen (secondary N) is 1. The minimum atomic E-state index is -0.0130. The van der Waals surface area contributed by atoms with E-state index in [0.717, 1.165) is 5.52 Å². The summed E-state index contributed by atoms with van der Waals surface area (Å²) in [6.45, 7) is 5.25. The molecule has 1 aromatic heterocycles. The highest BCUT2D eigenvalue weighted by atomic mass is 16.2. The van der Waals surface area contributed by atoms with E-state index in [1.54, 1.807) is 23.1 Å². The van der Waals surface area contributed by atoms with Crippen molar-refractivity contribution in [1.29, 1.82) is 0 Å². The van der Waals surface area contributed by atoms with Crippen molar-refractivity contribution in [2.45, 2.75) is 13.8 Å². The molecule has 4 heteroatoms. The van der Waals surface area contributed by atoms with Gasteiger partial charge in [-0.1, -0.05) is 12.1 Å². The zero-order chi connectivity index (χ0) is 15.7. The van der Waals surface area contributed by atoms with Crippen LogP contribution in [-0.4, -0.2) is 28.9 Å². The second kappa shape index (κ2) is 5.64. The lowest BCUT2D eigenvalue weighted by atomic mass is 10.1. The molecule has 112 valence electrons. The van der Waals surface area contributed by atoms with Crippen molar-refractivity contribution in [3.05, 3.63) is 58.3 Å². The van der Waals surface area contributed by atoms with E-state index in [1.807, 2.05) is 38.1 Å². The van der Waals surface area contributed by atoms with Gasteiger partial charge in [-0.05, 0) is 44.2 Å². The van der Waals surface area contributed by atoms with E-state index in [2.05, 4.69) is 4.98 Å². The van der Waals surface area contributed by atoms with Gasteiger partial charge in [0.1, 0.15) is 0 Å². The van der Waals surface area contributed by atoms with Gasteiger partial charge in [-0.15, -0.1) is 0 Å². The van der Waals surface area contributed by atoms with Gasteiger partial charge in [0.2, 0.25) is 0 Å². The molecule has 0 bridgehead atoms. The Kier molecular flexibility index (Phi) is 3.67. The average Bonchev–Trinajstić information content (AvgIpc) is 2.55. The molecule has 2 aromatic carbocycles. The number of pyridine rings is 1. The summed E-state index contributed by atoms with van der Waals surface area (Å²) in [6.07, 6.45) is 0. The third kappa shape index (κ3) is 2.26. The molecule has 4 nitrogen and oxygen atoms in total. The molecule has 0 aliphatic heterocycles. The minimum Gasteiger partial charge on any atom is -0.354 e. The van der Waals surface area contributed by atoms with E-state index < -0.39 is 0 Å². The minimum absolute atomic E-state index is 0.00816. The van der Waals surface area contributed by atoms with Crippen LogP contribution in [0.4, 0.5) is 0 Å². The summed E-state index contributed by atoms with van der Waals surface area (Å²) in [4.78, 5) is 29.9. The number of aromatic nitrogens is 1. The summed E-state index contributed by atoms with van der Waals surface area (Å²) in [6, 6.07) is 12.6. The highest BCUT2D eigenvalue weighted by Gasteiger charge is 2.14. The average molecular weight is 294 g/mol. The molecule has 0 atom stereocenters. The van der Waals surface area contributed by atoms with Crippen LogP contribution in [0.15, 0.2) is 47.3 Å². The SMILES string of the molecule is CCN(CC)C(=O)c1ccc2c(=O)c3ccccc3[nH]c2c1. The smallest absolute Gasteiger partial charge is 0.253 e. The van der Waals surface area contributed by atoms with Crippen LogP contribution in [0.1, 0.15) is 24.2 Å². The van der Waals surface area contributed by atoms with Gasteiger partial charge in [0, 0.05) is 34.9 Å². The number of carbonyl (C=O) groups is 1. The number of hydrogen-bond donors (Lipinski definition) is 1. The van der Waals surface area contributed by atoms with Crippen molar-refractivity contribution in [1.82, 2.24) is 9.88 Å². The van der Waals surface area contributed by atoms with Gasteiger partial charge in [0.15, 0.2) is 5.43 Å². The van der Waals surface area contributed by atoms with Crippen LogP contribution in [0, 0.1) is 0 Å². The number of hydrogen-bond acceptors (Lipinski definition) is 2. The summed E-state index contributed by atoms with van der Waals surface area (Å²) < 4.78 is 0. The molecular weight excluding hydrogens is 276 g/mol. The fourth-order valence-corrected chi connectivity index (χ4v) is 2.75. The zero-order valence-electron chi connectivity index (χ0n) is 12.7. The molecule has 0 aliphatic carbocycles. The fourth-order valence-electron chi connectivity index (χ4n) is 2.75. The lowest BCUT2D eigenvalue weighted by Crippen LogP contribution is -2.30. The molecular formula is C18H18N2O2. The van der Waals surface area contributed by atoms with E-state index in [9.17, 15) is 9.59 Å². The van der Waals surface area contributed by atoms with Crippen molar-refractivity contribution in [3.63, 3.8) is 0 Å². The number of H-pyrrole nitrogens is 1. The summed E-state index contributed by atoms with van der Waals surface area (Å²) in [5.74, 6) is -0.0130. The van der Waals surface area contributed by atoms with Gasteiger partial charge >= 0.3 is 0 Å². The van der Waals surface area contributed by atoms with Gasteiger partial charge in [-0.25, -0.2) is 0 Å². The lowest BCUT2D eigenvalue weighted by molar-refractivity contribution is 0.0773. The van der Waals surface area contributed by atoms with Gasteiger partial charge in [-0.2, -0.15) is 0 Å². The maximum atomic E-state index is 12.5. The first kappa shape index (κ1) is 14.3. The summed E-state index contributed by atoms with van der Waals surface area (Å²) in [7, 11) is 0. The van der Waals surface area contributed by atoms with Gasteiger partial charge in [0.25, 0.3) is 5.91 Å². The molecule has 0 radical (unpaired) electrons.